The number of aliphatic hydroxyl groups is 1. The van der Waals surface area contributed by atoms with E-state index in [1.807, 2.05) is 11.0 Å². The maximum Gasteiger partial charge on any atom is 0.274 e. The topological polar surface area (TPSA) is 75.7 Å². The van der Waals surface area contributed by atoms with Gasteiger partial charge in [0.05, 0.1) is 5.60 Å². The summed E-state index contributed by atoms with van der Waals surface area (Å²) >= 11 is 0. The molecule has 27 heavy (non-hydrogen) atoms. The highest BCUT2D eigenvalue weighted by Gasteiger charge is 2.34. The molecular formula is C20H35N5O2. The number of unbranched alkanes of at least 4 members (excludes halogenated alkanes) is 1. The Bertz CT molecular complexity index is 611. The van der Waals surface area contributed by atoms with Crippen LogP contribution in [-0.2, 0) is 6.42 Å². The van der Waals surface area contributed by atoms with Crippen LogP contribution >= 0.6 is 0 Å². The largest absolute Gasteiger partial charge is 0.388 e. The number of aromatic nitrogens is 2. The first-order valence-corrected chi connectivity index (χ1v) is 10.5. The van der Waals surface area contributed by atoms with Crippen LogP contribution in [0.3, 0.4) is 0 Å². The monoisotopic (exact) mass is 377 g/mol. The van der Waals surface area contributed by atoms with Crippen molar-refractivity contribution >= 4 is 5.91 Å². The Kier molecular flexibility index (Phi) is 6.89. The fourth-order valence-electron chi connectivity index (χ4n) is 4.09. The van der Waals surface area contributed by atoms with E-state index in [9.17, 15) is 9.90 Å². The normalized spacial score (nSPS) is 25.5. The van der Waals surface area contributed by atoms with E-state index >= 15 is 0 Å². The number of carbonyl (C=O) groups excluding carboxylic acids is 1. The number of nitrogens with zero attached hydrogens (tertiary/aromatic N) is 4. The van der Waals surface area contributed by atoms with E-state index in [2.05, 4.69) is 34.0 Å². The number of piperazine rings is 1. The van der Waals surface area contributed by atoms with Gasteiger partial charge in [0.1, 0.15) is 5.69 Å². The van der Waals surface area contributed by atoms with Gasteiger partial charge in [-0.2, -0.15) is 5.10 Å². The van der Waals surface area contributed by atoms with Crippen LogP contribution in [0.4, 0.5) is 0 Å². The maximum absolute atomic E-state index is 12.8. The summed E-state index contributed by atoms with van der Waals surface area (Å²) in [5.41, 5.74) is 0.843. The highest BCUT2D eigenvalue weighted by atomic mass is 16.3. The van der Waals surface area contributed by atoms with Crippen LogP contribution in [0, 0.1) is 0 Å². The summed E-state index contributed by atoms with van der Waals surface area (Å²) in [6.07, 6.45) is 5.38. The number of carbonyl (C=O) groups is 1. The number of likely N-dealkylation sites (N-methyl/N-ethyl adjacent to an activating group) is 1. The van der Waals surface area contributed by atoms with Crippen LogP contribution in [-0.4, -0.2) is 94.4 Å². The van der Waals surface area contributed by atoms with Gasteiger partial charge in [-0.1, -0.05) is 13.3 Å². The molecule has 0 radical (unpaired) electrons. The third kappa shape index (κ3) is 5.53. The number of hydrogen-bond donors (Lipinski definition) is 2. The Morgan fingerprint density at radius 2 is 2.00 bits per heavy atom. The minimum atomic E-state index is -0.692. The van der Waals surface area contributed by atoms with E-state index in [1.165, 1.54) is 0 Å². The minimum absolute atomic E-state index is 0.0159. The smallest absolute Gasteiger partial charge is 0.274 e. The van der Waals surface area contributed by atoms with Gasteiger partial charge in [-0.05, 0) is 45.2 Å². The molecule has 2 N–H and O–H groups in total. The molecule has 2 aliphatic heterocycles. The molecule has 1 atom stereocenters. The lowest BCUT2D eigenvalue weighted by Crippen LogP contribution is -2.51. The molecule has 0 saturated carbocycles. The number of aryl methyl sites for hydroxylation is 1. The van der Waals surface area contributed by atoms with Crippen LogP contribution < -0.4 is 0 Å². The molecule has 152 valence electrons. The van der Waals surface area contributed by atoms with Crippen molar-refractivity contribution < 1.29 is 9.90 Å². The molecule has 0 unspecified atom stereocenters. The predicted octanol–water partition coefficient (Wildman–Crippen LogP) is 1.36. The zero-order chi connectivity index (χ0) is 19.3. The van der Waals surface area contributed by atoms with E-state index in [-0.39, 0.29) is 5.91 Å². The highest BCUT2D eigenvalue weighted by molar-refractivity contribution is 5.92. The van der Waals surface area contributed by atoms with Gasteiger partial charge in [0.15, 0.2) is 0 Å². The Balaban J connectivity index is 1.54. The fourth-order valence-corrected chi connectivity index (χ4v) is 4.09. The van der Waals surface area contributed by atoms with Gasteiger partial charge < -0.3 is 14.9 Å². The van der Waals surface area contributed by atoms with E-state index in [0.717, 1.165) is 64.0 Å². The first-order valence-electron chi connectivity index (χ1n) is 10.5. The lowest BCUT2D eigenvalue weighted by atomic mass is 9.94. The maximum atomic E-state index is 12.8. The second-order valence-corrected chi connectivity index (χ2v) is 8.33. The van der Waals surface area contributed by atoms with Crippen molar-refractivity contribution in [3.8, 4) is 0 Å². The van der Waals surface area contributed by atoms with Crippen molar-refractivity contribution in [1.82, 2.24) is 24.9 Å². The first kappa shape index (κ1) is 20.3. The van der Waals surface area contributed by atoms with Crippen LogP contribution in [0.15, 0.2) is 6.07 Å². The third-order valence-electron chi connectivity index (χ3n) is 5.97. The number of amides is 1. The third-order valence-corrected chi connectivity index (χ3v) is 5.97. The van der Waals surface area contributed by atoms with Crippen molar-refractivity contribution in [1.29, 1.82) is 0 Å². The second-order valence-electron chi connectivity index (χ2n) is 8.33. The summed E-state index contributed by atoms with van der Waals surface area (Å²) in [6.45, 7) is 8.29. The zero-order valence-corrected chi connectivity index (χ0v) is 16.9. The number of β-amino-alcohol motifs (C(OH)–C–C–N with tert-alkyl or cyclic N) is 1. The molecule has 2 fully saturated rings. The lowest BCUT2D eigenvalue weighted by molar-refractivity contribution is -0.0179. The first-order chi connectivity index (χ1) is 13.0. The Hall–Kier alpha value is -1.44. The zero-order valence-electron chi connectivity index (χ0n) is 16.9. The summed E-state index contributed by atoms with van der Waals surface area (Å²) in [7, 11) is 2.14. The van der Waals surface area contributed by atoms with Crippen molar-refractivity contribution in [2.24, 2.45) is 0 Å². The average molecular weight is 378 g/mol. The second kappa shape index (κ2) is 9.17. The van der Waals surface area contributed by atoms with Gasteiger partial charge in [0.25, 0.3) is 5.91 Å². The molecule has 7 heteroatoms. The van der Waals surface area contributed by atoms with Crippen molar-refractivity contribution in [2.45, 2.75) is 51.0 Å². The van der Waals surface area contributed by atoms with Crippen molar-refractivity contribution in [3.63, 3.8) is 0 Å². The Labute approximate surface area is 162 Å². The van der Waals surface area contributed by atoms with Crippen LogP contribution in [0.5, 0.6) is 0 Å². The fraction of sp³-hybridized carbons (Fsp3) is 0.800. The van der Waals surface area contributed by atoms with Crippen molar-refractivity contribution in [3.05, 3.63) is 17.5 Å². The van der Waals surface area contributed by atoms with Gasteiger partial charge in [0.2, 0.25) is 0 Å². The summed E-state index contributed by atoms with van der Waals surface area (Å²) in [5.74, 6) is -0.0159. The SMILES string of the molecule is CCCCc1cc(C(=O)N2CCC[C@@](O)(CN3CCN(C)CC3)CC2)n[nH]1. The number of aromatic amines is 1. The molecule has 0 aromatic carbocycles. The highest BCUT2D eigenvalue weighted by Crippen LogP contribution is 2.25. The van der Waals surface area contributed by atoms with E-state index in [4.69, 9.17) is 0 Å². The Morgan fingerprint density at radius 1 is 1.22 bits per heavy atom. The lowest BCUT2D eigenvalue weighted by Gasteiger charge is -2.38. The average Bonchev–Trinajstić information content (AvgIpc) is 3.04. The van der Waals surface area contributed by atoms with Gasteiger partial charge in [-0.3, -0.25) is 14.8 Å². The molecule has 0 aliphatic carbocycles. The summed E-state index contributed by atoms with van der Waals surface area (Å²) in [5, 5.41) is 18.3. The van der Waals surface area contributed by atoms with Gasteiger partial charge in [0, 0.05) is 51.5 Å². The molecular weight excluding hydrogens is 342 g/mol. The minimum Gasteiger partial charge on any atom is -0.388 e. The Morgan fingerprint density at radius 3 is 2.74 bits per heavy atom. The molecule has 1 amide bonds. The van der Waals surface area contributed by atoms with Crippen LogP contribution in [0.25, 0.3) is 0 Å². The number of likely N-dealkylation sites (tertiary alicyclic amines) is 1. The van der Waals surface area contributed by atoms with E-state index in [0.29, 0.717) is 31.7 Å². The molecule has 0 spiro atoms. The molecule has 2 saturated heterocycles. The van der Waals surface area contributed by atoms with Gasteiger partial charge in [-0.25, -0.2) is 0 Å². The van der Waals surface area contributed by atoms with Crippen LogP contribution in [0.1, 0.15) is 55.2 Å². The standard InChI is InChI=1S/C20H35N5O2/c1-3-4-6-17-15-18(22-21-17)19(26)25-9-5-7-20(27,8-10-25)16-24-13-11-23(2)12-14-24/h15,27H,3-14,16H2,1-2H3,(H,21,22)/t20-/m0/s1. The molecule has 1 aromatic heterocycles. The molecule has 2 aliphatic rings. The van der Waals surface area contributed by atoms with Crippen LogP contribution in [0.2, 0.25) is 0 Å². The number of nitrogens with one attached hydrogen (secondary N) is 1. The van der Waals surface area contributed by atoms with E-state index in [1.54, 1.807) is 0 Å². The van der Waals surface area contributed by atoms with E-state index < -0.39 is 5.60 Å². The van der Waals surface area contributed by atoms with Crippen molar-refractivity contribution in [2.75, 3.05) is 52.9 Å². The summed E-state index contributed by atoms with van der Waals surface area (Å²) in [6, 6.07) is 1.89. The quantitative estimate of drug-likeness (QED) is 0.783. The molecule has 3 rings (SSSR count). The number of H-pyrrole nitrogens is 1. The molecule has 3 heterocycles. The predicted molar refractivity (Wildman–Crippen MR) is 106 cm³/mol. The molecule has 0 bridgehead atoms. The molecule has 7 nitrogen and oxygen atoms in total. The van der Waals surface area contributed by atoms with Gasteiger partial charge in [-0.15, -0.1) is 0 Å². The molecule has 1 aromatic rings. The van der Waals surface area contributed by atoms with Gasteiger partial charge >= 0.3 is 0 Å². The number of hydrogen-bond acceptors (Lipinski definition) is 5. The summed E-state index contributed by atoms with van der Waals surface area (Å²) in [4.78, 5) is 19.4. The number of rotatable bonds is 6. The summed E-state index contributed by atoms with van der Waals surface area (Å²) < 4.78 is 0.